The maximum Gasteiger partial charge on any atom is 0.339 e. The number of aryl methyl sites for hydroxylation is 1. The molecule has 0 spiro atoms. The Morgan fingerprint density at radius 3 is 2.89 bits per heavy atom. The van der Waals surface area contributed by atoms with E-state index in [1.807, 2.05) is 6.92 Å². The van der Waals surface area contributed by atoms with Crippen LogP contribution in [0.5, 0.6) is 0 Å². The van der Waals surface area contributed by atoms with Crippen LogP contribution in [0, 0.1) is 6.92 Å². The largest absolute Gasteiger partial charge is 0.478 e. The Labute approximate surface area is 107 Å². The van der Waals surface area contributed by atoms with Gasteiger partial charge in [0, 0.05) is 25.5 Å². The molecule has 1 rings (SSSR count). The molecule has 1 aromatic heterocycles. The summed E-state index contributed by atoms with van der Waals surface area (Å²) in [4.78, 5) is 15.2. The molecule has 0 saturated heterocycles. The third-order valence-corrected chi connectivity index (χ3v) is 2.37. The van der Waals surface area contributed by atoms with Crippen molar-refractivity contribution in [3.05, 3.63) is 23.4 Å². The molecule has 0 aliphatic heterocycles. The summed E-state index contributed by atoms with van der Waals surface area (Å²) < 4.78 is 5.35. The van der Waals surface area contributed by atoms with Crippen molar-refractivity contribution in [1.29, 1.82) is 0 Å². The van der Waals surface area contributed by atoms with E-state index in [4.69, 9.17) is 9.84 Å². The molecule has 5 heteroatoms. The summed E-state index contributed by atoms with van der Waals surface area (Å²) in [6.45, 7) is 5.99. The number of anilines is 1. The molecule has 0 fully saturated rings. The van der Waals surface area contributed by atoms with Gasteiger partial charge in [0.1, 0.15) is 11.4 Å². The molecule has 1 heterocycles. The number of hydrogen-bond acceptors (Lipinski definition) is 4. The van der Waals surface area contributed by atoms with E-state index in [-0.39, 0.29) is 5.56 Å². The molecular weight excluding hydrogens is 232 g/mol. The zero-order valence-electron chi connectivity index (χ0n) is 10.9. The lowest BCUT2D eigenvalue weighted by atomic mass is 10.2. The van der Waals surface area contributed by atoms with Crippen molar-refractivity contribution in [2.75, 3.05) is 25.1 Å². The van der Waals surface area contributed by atoms with Crippen LogP contribution in [0.15, 0.2) is 12.1 Å². The highest BCUT2D eigenvalue weighted by Crippen LogP contribution is 2.13. The topological polar surface area (TPSA) is 71.5 Å². The number of pyridine rings is 1. The van der Waals surface area contributed by atoms with Gasteiger partial charge in [-0.1, -0.05) is 6.92 Å². The Morgan fingerprint density at radius 1 is 1.44 bits per heavy atom. The summed E-state index contributed by atoms with van der Waals surface area (Å²) >= 11 is 0. The maximum atomic E-state index is 11.0. The number of nitrogens with one attached hydrogen (secondary N) is 1. The highest BCUT2D eigenvalue weighted by molar-refractivity contribution is 5.93. The monoisotopic (exact) mass is 252 g/mol. The molecule has 0 aromatic carbocycles. The fraction of sp³-hybridized carbons (Fsp3) is 0.538. The van der Waals surface area contributed by atoms with Crippen molar-refractivity contribution >= 4 is 11.8 Å². The number of carboxylic acid groups (broad SMARTS) is 1. The maximum absolute atomic E-state index is 11.0. The quantitative estimate of drug-likeness (QED) is 0.695. The molecule has 0 aliphatic carbocycles. The van der Waals surface area contributed by atoms with Crippen LogP contribution >= 0.6 is 0 Å². The molecule has 5 nitrogen and oxygen atoms in total. The first-order valence-electron chi connectivity index (χ1n) is 6.17. The fourth-order valence-electron chi connectivity index (χ4n) is 1.49. The van der Waals surface area contributed by atoms with Gasteiger partial charge in [0.25, 0.3) is 0 Å². The Morgan fingerprint density at radius 2 is 2.22 bits per heavy atom. The lowest BCUT2D eigenvalue weighted by molar-refractivity contribution is 0.0697. The normalized spacial score (nSPS) is 10.3. The van der Waals surface area contributed by atoms with Crippen LogP contribution in [-0.4, -0.2) is 35.8 Å². The number of carboxylic acids is 1. The van der Waals surface area contributed by atoms with E-state index in [2.05, 4.69) is 17.2 Å². The van der Waals surface area contributed by atoms with Crippen LogP contribution in [0.2, 0.25) is 0 Å². The summed E-state index contributed by atoms with van der Waals surface area (Å²) in [5.41, 5.74) is 1.000. The first-order valence-corrected chi connectivity index (χ1v) is 6.17. The summed E-state index contributed by atoms with van der Waals surface area (Å²) in [6.07, 6.45) is 1.84. The number of aromatic nitrogens is 1. The summed E-state index contributed by atoms with van der Waals surface area (Å²) in [7, 11) is 0. The predicted octanol–water partition coefficient (Wildman–Crippen LogP) is 2.32. The number of ether oxygens (including phenoxy) is 1. The molecule has 0 saturated carbocycles. The number of carbonyl (C=O) groups is 1. The third-order valence-electron chi connectivity index (χ3n) is 2.37. The van der Waals surface area contributed by atoms with Crippen LogP contribution in [0.1, 0.15) is 35.8 Å². The summed E-state index contributed by atoms with van der Waals surface area (Å²) in [6, 6.07) is 3.26. The lowest BCUT2D eigenvalue weighted by Gasteiger charge is -2.09. The van der Waals surface area contributed by atoms with Crippen LogP contribution < -0.4 is 5.32 Å². The van der Waals surface area contributed by atoms with Gasteiger partial charge in [-0.15, -0.1) is 0 Å². The second-order valence-electron chi connectivity index (χ2n) is 4.05. The molecule has 2 N–H and O–H groups in total. The predicted molar refractivity (Wildman–Crippen MR) is 70.2 cm³/mol. The van der Waals surface area contributed by atoms with Crippen molar-refractivity contribution in [1.82, 2.24) is 4.98 Å². The average Bonchev–Trinajstić information content (AvgIpc) is 2.33. The first-order chi connectivity index (χ1) is 8.65. The van der Waals surface area contributed by atoms with Gasteiger partial charge in [-0.2, -0.15) is 0 Å². The second-order valence-corrected chi connectivity index (χ2v) is 4.05. The first kappa shape index (κ1) is 14.4. The molecule has 100 valence electrons. The van der Waals surface area contributed by atoms with Crippen molar-refractivity contribution in [3.8, 4) is 0 Å². The molecule has 0 aliphatic rings. The molecule has 18 heavy (non-hydrogen) atoms. The Kier molecular flexibility index (Phi) is 6.14. The van der Waals surface area contributed by atoms with Gasteiger partial charge < -0.3 is 15.2 Å². The van der Waals surface area contributed by atoms with Gasteiger partial charge in [-0.05, 0) is 31.9 Å². The molecule has 0 atom stereocenters. The average molecular weight is 252 g/mol. The third kappa shape index (κ3) is 4.71. The minimum atomic E-state index is -0.966. The standard InChI is InChI=1S/C13H20N2O3/c1-3-8-18-9-4-7-14-12-11(13(16)17)6-5-10(2)15-12/h5-6H,3-4,7-9H2,1-2H3,(H,14,15)(H,16,17). The smallest absolute Gasteiger partial charge is 0.339 e. The van der Waals surface area contributed by atoms with Gasteiger partial charge in [0.2, 0.25) is 0 Å². The Bertz CT molecular complexity index is 394. The lowest BCUT2D eigenvalue weighted by Crippen LogP contribution is -2.11. The van der Waals surface area contributed by atoms with Gasteiger partial charge in [0.05, 0.1) is 0 Å². The van der Waals surface area contributed by atoms with Crippen LogP contribution in [0.3, 0.4) is 0 Å². The van der Waals surface area contributed by atoms with Crippen molar-refractivity contribution in [3.63, 3.8) is 0 Å². The number of aromatic carboxylic acids is 1. The molecule has 0 radical (unpaired) electrons. The number of rotatable bonds is 8. The van der Waals surface area contributed by atoms with E-state index in [0.29, 0.717) is 19.0 Å². The number of nitrogens with zero attached hydrogens (tertiary/aromatic N) is 1. The zero-order valence-corrected chi connectivity index (χ0v) is 10.9. The van der Waals surface area contributed by atoms with Gasteiger partial charge in [-0.25, -0.2) is 9.78 Å². The van der Waals surface area contributed by atoms with Crippen LogP contribution in [0.4, 0.5) is 5.82 Å². The van der Waals surface area contributed by atoms with Crippen molar-refractivity contribution in [2.24, 2.45) is 0 Å². The SMILES string of the molecule is CCCOCCCNc1nc(C)ccc1C(=O)O. The minimum Gasteiger partial charge on any atom is -0.478 e. The van der Waals surface area contributed by atoms with E-state index in [9.17, 15) is 4.79 Å². The van der Waals surface area contributed by atoms with Crippen molar-refractivity contribution in [2.45, 2.75) is 26.7 Å². The fourth-order valence-corrected chi connectivity index (χ4v) is 1.49. The molecular formula is C13H20N2O3. The van der Waals surface area contributed by atoms with Crippen molar-refractivity contribution < 1.29 is 14.6 Å². The summed E-state index contributed by atoms with van der Waals surface area (Å²) in [5, 5.41) is 12.1. The number of hydrogen-bond donors (Lipinski definition) is 2. The Balaban J connectivity index is 2.45. The molecule has 0 bridgehead atoms. The van der Waals surface area contributed by atoms with E-state index in [0.717, 1.165) is 25.1 Å². The highest BCUT2D eigenvalue weighted by Gasteiger charge is 2.10. The minimum absolute atomic E-state index is 0.204. The van der Waals surface area contributed by atoms with Gasteiger partial charge in [-0.3, -0.25) is 0 Å². The van der Waals surface area contributed by atoms with E-state index in [1.54, 1.807) is 12.1 Å². The Hall–Kier alpha value is -1.62. The second kappa shape index (κ2) is 7.66. The van der Waals surface area contributed by atoms with E-state index in [1.165, 1.54) is 0 Å². The zero-order chi connectivity index (χ0) is 13.4. The van der Waals surface area contributed by atoms with E-state index >= 15 is 0 Å². The highest BCUT2D eigenvalue weighted by atomic mass is 16.5. The molecule has 0 unspecified atom stereocenters. The van der Waals surface area contributed by atoms with Gasteiger partial charge in [0.15, 0.2) is 0 Å². The molecule has 1 aromatic rings. The summed E-state index contributed by atoms with van der Waals surface area (Å²) in [5.74, 6) is -0.537. The molecule has 0 amide bonds. The van der Waals surface area contributed by atoms with E-state index < -0.39 is 5.97 Å². The van der Waals surface area contributed by atoms with Crippen LogP contribution in [-0.2, 0) is 4.74 Å². The van der Waals surface area contributed by atoms with Gasteiger partial charge >= 0.3 is 5.97 Å². The van der Waals surface area contributed by atoms with Crippen LogP contribution in [0.25, 0.3) is 0 Å².